The van der Waals surface area contributed by atoms with Gasteiger partial charge in [0.2, 0.25) is 0 Å². The third-order valence-corrected chi connectivity index (χ3v) is 4.97. The molecule has 6 nitrogen and oxygen atoms in total. The molecule has 2 aromatic heterocycles. The summed E-state index contributed by atoms with van der Waals surface area (Å²) in [5, 5.41) is 13.6. The fraction of sp³-hybridized carbons (Fsp3) is 0.533. The van der Waals surface area contributed by atoms with E-state index < -0.39 is 0 Å². The topological polar surface area (TPSA) is 63.1 Å². The Balaban J connectivity index is 1.58. The Kier molecular flexibility index (Phi) is 4.84. The van der Waals surface area contributed by atoms with E-state index in [0.29, 0.717) is 18.3 Å². The summed E-state index contributed by atoms with van der Waals surface area (Å²) in [4.78, 5) is 15.4. The lowest BCUT2D eigenvalue weighted by Gasteiger charge is -2.22. The van der Waals surface area contributed by atoms with Crippen molar-refractivity contribution in [2.75, 3.05) is 26.7 Å². The Bertz CT molecular complexity index is 603. The van der Waals surface area contributed by atoms with E-state index in [1.807, 2.05) is 17.8 Å². The Hall–Kier alpha value is -1.73. The summed E-state index contributed by atoms with van der Waals surface area (Å²) in [7, 11) is 1.82. The predicted molar refractivity (Wildman–Crippen MR) is 86.1 cm³/mol. The second-order valence-corrected chi connectivity index (χ2v) is 6.65. The highest BCUT2D eigenvalue weighted by Crippen LogP contribution is 2.17. The highest BCUT2D eigenvalue weighted by atomic mass is 32.1. The van der Waals surface area contributed by atoms with Gasteiger partial charge in [-0.1, -0.05) is 11.3 Å². The summed E-state index contributed by atoms with van der Waals surface area (Å²) in [6.07, 6.45) is 4.73. The van der Waals surface area contributed by atoms with Crippen molar-refractivity contribution >= 4 is 17.2 Å². The Labute approximate surface area is 134 Å². The molecule has 0 radical (unpaired) electrons. The molecule has 0 unspecified atom stereocenters. The molecule has 0 aliphatic carbocycles. The Morgan fingerprint density at radius 1 is 1.50 bits per heavy atom. The molecule has 1 amide bonds. The highest BCUT2D eigenvalue weighted by Gasteiger charge is 2.20. The minimum Gasteiger partial charge on any atom is -0.340 e. The Morgan fingerprint density at radius 2 is 2.32 bits per heavy atom. The zero-order valence-corrected chi connectivity index (χ0v) is 13.6. The first-order chi connectivity index (χ1) is 10.7. The zero-order chi connectivity index (χ0) is 15.4. The first kappa shape index (κ1) is 15.2. The van der Waals surface area contributed by atoms with Crippen molar-refractivity contribution in [1.29, 1.82) is 0 Å². The summed E-state index contributed by atoms with van der Waals surface area (Å²) < 4.78 is 1.85. The van der Waals surface area contributed by atoms with E-state index in [2.05, 4.69) is 27.1 Å². The molecule has 22 heavy (non-hydrogen) atoms. The fourth-order valence-electron chi connectivity index (χ4n) is 2.65. The largest absolute Gasteiger partial charge is 0.340 e. The van der Waals surface area contributed by atoms with Crippen LogP contribution in [0.25, 0.3) is 0 Å². The SMILES string of the molecule is CN(CCc1cccs1)C(=O)c1cn(C2CCNCC2)nn1. The summed E-state index contributed by atoms with van der Waals surface area (Å²) in [5.74, 6) is -0.0586. The second-order valence-electron chi connectivity index (χ2n) is 5.62. The normalized spacial score (nSPS) is 15.9. The van der Waals surface area contributed by atoms with Crippen LogP contribution in [0.2, 0.25) is 0 Å². The van der Waals surface area contributed by atoms with Crippen molar-refractivity contribution in [1.82, 2.24) is 25.2 Å². The number of rotatable bonds is 5. The number of nitrogens with zero attached hydrogens (tertiary/aromatic N) is 4. The highest BCUT2D eigenvalue weighted by molar-refractivity contribution is 7.09. The number of hydrogen-bond acceptors (Lipinski definition) is 5. The molecule has 1 N–H and O–H groups in total. The quantitative estimate of drug-likeness (QED) is 0.909. The van der Waals surface area contributed by atoms with Gasteiger partial charge < -0.3 is 10.2 Å². The number of nitrogens with one attached hydrogen (secondary N) is 1. The first-order valence-electron chi connectivity index (χ1n) is 7.64. The lowest BCUT2D eigenvalue weighted by atomic mass is 10.1. The summed E-state index contributed by atoms with van der Waals surface area (Å²) in [5.41, 5.74) is 0.437. The number of aromatic nitrogens is 3. The number of hydrogen-bond donors (Lipinski definition) is 1. The van der Waals surface area contributed by atoms with Crippen LogP contribution in [0.4, 0.5) is 0 Å². The van der Waals surface area contributed by atoms with Gasteiger partial charge >= 0.3 is 0 Å². The summed E-state index contributed by atoms with van der Waals surface area (Å²) in [6, 6.07) is 4.48. The van der Waals surface area contributed by atoms with Gasteiger partial charge in [0.15, 0.2) is 5.69 Å². The predicted octanol–water partition coefficient (Wildman–Crippen LogP) is 1.58. The molecule has 1 aliphatic heterocycles. The van der Waals surface area contributed by atoms with E-state index in [9.17, 15) is 4.79 Å². The lowest BCUT2D eigenvalue weighted by molar-refractivity contribution is 0.0791. The molecule has 3 rings (SSSR count). The van der Waals surface area contributed by atoms with Crippen LogP contribution in [0.3, 0.4) is 0 Å². The van der Waals surface area contributed by atoms with Crippen molar-refractivity contribution in [2.24, 2.45) is 0 Å². The van der Waals surface area contributed by atoms with E-state index in [4.69, 9.17) is 0 Å². The molecule has 118 valence electrons. The molecule has 7 heteroatoms. The molecule has 0 bridgehead atoms. The standard InChI is InChI=1S/C15H21N5OS/c1-19(9-6-13-3-2-10-22-13)15(21)14-11-20(18-17-14)12-4-7-16-8-5-12/h2-3,10-12,16H,4-9H2,1H3. The van der Waals surface area contributed by atoms with Crippen LogP contribution < -0.4 is 5.32 Å². The number of likely N-dealkylation sites (N-methyl/N-ethyl adjacent to an activating group) is 1. The van der Waals surface area contributed by atoms with Crippen LogP contribution in [0.1, 0.15) is 34.2 Å². The van der Waals surface area contributed by atoms with Crippen LogP contribution in [-0.4, -0.2) is 52.5 Å². The molecule has 1 aliphatic rings. The van der Waals surface area contributed by atoms with Crippen molar-refractivity contribution in [3.8, 4) is 0 Å². The van der Waals surface area contributed by atoms with Crippen LogP contribution in [0, 0.1) is 0 Å². The molecular weight excluding hydrogens is 298 g/mol. The van der Waals surface area contributed by atoms with E-state index in [1.165, 1.54) is 4.88 Å². The molecule has 0 aromatic carbocycles. The minimum atomic E-state index is -0.0586. The monoisotopic (exact) mass is 319 g/mol. The number of carbonyl (C=O) groups excluding carboxylic acids is 1. The van der Waals surface area contributed by atoms with Gasteiger partial charge in [0.25, 0.3) is 5.91 Å². The summed E-state index contributed by atoms with van der Waals surface area (Å²) in [6.45, 7) is 2.68. The van der Waals surface area contributed by atoms with E-state index in [1.54, 1.807) is 22.4 Å². The zero-order valence-electron chi connectivity index (χ0n) is 12.7. The molecular formula is C15H21N5OS. The summed E-state index contributed by atoms with van der Waals surface area (Å²) >= 11 is 1.72. The molecule has 0 spiro atoms. The van der Waals surface area contributed by atoms with Gasteiger partial charge in [0, 0.05) is 18.5 Å². The minimum absolute atomic E-state index is 0.0586. The maximum atomic E-state index is 12.4. The van der Waals surface area contributed by atoms with Gasteiger partial charge in [0.05, 0.1) is 12.2 Å². The second kappa shape index (κ2) is 7.02. The van der Waals surface area contributed by atoms with Gasteiger partial charge in [-0.25, -0.2) is 4.68 Å². The number of carbonyl (C=O) groups is 1. The van der Waals surface area contributed by atoms with E-state index >= 15 is 0 Å². The third kappa shape index (κ3) is 3.53. The number of amides is 1. The van der Waals surface area contributed by atoms with E-state index in [0.717, 1.165) is 32.4 Å². The average molecular weight is 319 g/mol. The van der Waals surface area contributed by atoms with E-state index in [-0.39, 0.29) is 5.91 Å². The molecule has 1 saturated heterocycles. The molecule has 0 atom stereocenters. The smallest absolute Gasteiger partial charge is 0.275 e. The van der Waals surface area contributed by atoms with Crippen molar-refractivity contribution in [3.63, 3.8) is 0 Å². The number of piperidine rings is 1. The van der Waals surface area contributed by atoms with Gasteiger partial charge in [-0.3, -0.25) is 4.79 Å². The van der Waals surface area contributed by atoms with Gasteiger partial charge in [0.1, 0.15) is 0 Å². The van der Waals surface area contributed by atoms with Crippen molar-refractivity contribution in [2.45, 2.75) is 25.3 Å². The molecule has 0 saturated carbocycles. The first-order valence-corrected chi connectivity index (χ1v) is 8.52. The van der Waals surface area contributed by atoms with Crippen LogP contribution in [0.15, 0.2) is 23.7 Å². The number of thiophene rings is 1. The van der Waals surface area contributed by atoms with Crippen LogP contribution in [0.5, 0.6) is 0 Å². The molecule has 3 heterocycles. The van der Waals surface area contributed by atoms with Crippen molar-refractivity contribution < 1.29 is 4.79 Å². The Morgan fingerprint density at radius 3 is 3.05 bits per heavy atom. The van der Waals surface area contributed by atoms with Gasteiger partial charge in [-0.2, -0.15) is 0 Å². The maximum absolute atomic E-state index is 12.4. The average Bonchev–Trinajstić information content (AvgIpc) is 3.24. The molecule has 1 fully saturated rings. The fourth-order valence-corrected chi connectivity index (χ4v) is 3.35. The molecule has 2 aromatic rings. The van der Waals surface area contributed by atoms with Gasteiger partial charge in [-0.15, -0.1) is 16.4 Å². The third-order valence-electron chi connectivity index (χ3n) is 4.03. The van der Waals surface area contributed by atoms with Gasteiger partial charge in [-0.05, 0) is 43.8 Å². The van der Waals surface area contributed by atoms with Crippen molar-refractivity contribution in [3.05, 3.63) is 34.3 Å². The lowest BCUT2D eigenvalue weighted by Crippen LogP contribution is -2.30. The van der Waals surface area contributed by atoms with Crippen LogP contribution in [-0.2, 0) is 6.42 Å². The van der Waals surface area contributed by atoms with Crippen LogP contribution >= 0.6 is 11.3 Å². The maximum Gasteiger partial charge on any atom is 0.275 e.